The molecule has 6 heteroatoms. The van der Waals surface area contributed by atoms with Crippen molar-refractivity contribution in [3.63, 3.8) is 0 Å². The molecule has 2 rings (SSSR count). The van der Waals surface area contributed by atoms with Gasteiger partial charge >= 0.3 is 0 Å². The number of halogens is 2. The first-order chi connectivity index (χ1) is 9.11. The van der Waals surface area contributed by atoms with E-state index in [2.05, 4.69) is 22.4 Å². The SMILES string of the molecule is CCC(NCc1nncn1C)c1ccc(Cl)c(Cl)c1. The van der Waals surface area contributed by atoms with Gasteiger partial charge in [-0.2, -0.15) is 0 Å². The van der Waals surface area contributed by atoms with Gasteiger partial charge in [0.15, 0.2) is 0 Å². The molecule has 1 N–H and O–H groups in total. The summed E-state index contributed by atoms with van der Waals surface area (Å²) in [6.07, 6.45) is 2.65. The third-order valence-corrected chi connectivity index (χ3v) is 3.81. The lowest BCUT2D eigenvalue weighted by atomic mass is 10.0. The van der Waals surface area contributed by atoms with Gasteiger partial charge in [0, 0.05) is 13.1 Å². The number of hydrogen-bond acceptors (Lipinski definition) is 3. The van der Waals surface area contributed by atoms with Crippen molar-refractivity contribution in [1.29, 1.82) is 0 Å². The van der Waals surface area contributed by atoms with E-state index < -0.39 is 0 Å². The fourth-order valence-corrected chi connectivity index (χ4v) is 2.22. The van der Waals surface area contributed by atoms with Crippen LogP contribution in [0.4, 0.5) is 0 Å². The zero-order chi connectivity index (χ0) is 13.8. The van der Waals surface area contributed by atoms with Gasteiger partial charge in [-0.3, -0.25) is 0 Å². The van der Waals surface area contributed by atoms with Crippen LogP contribution in [0.2, 0.25) is 10.0 Å². The first kappa shape index (κ1) is 14.3. The second-order valence-corrected chi connectivity index (χ2v) is 5.19. The number of aromatic nitrogens is 3. The van der Waals surface area contributed by atoms with Crippen LogP contribution in [-0.2, 0) is 13.6 Å². The molecule has 1 heterocycles. The van der Waals surface area contributed by atoms with Gasteiger partial charge in [-0.15, -0.1) is 10.2 Å². The van der Waals surface area contributed by atoms with Crippen LogP contribution in [0.25, 0.3) is 0 Å². The number of nitrogens with zero attached hydrogens (tertiary/aromatic N) is 3. The zero-order valence-electron chi connectivity index (χ0n) is 10.9. The third-order valence-electron chi connectivity index (χ3n) is 3.07. The first-order valence-corrected chi connectivity index (χ1v) is 6.88. The summed E-state index contributed by atoms with van der Waals surface area (Å²) in [7, 11) is 1.93. The van der Waals surface area contributed by atoms with E-state index in [4.69, 9.17) is 23.2 Å². The first-order valence-electron chi connectivity index (χ1n) is 6.13. The maximum Gasteiger partial charge on any atom is 0.146 e. The van der Waals surface area contributed by atoms with Crippen LogP contribution < -0.4 is 5.32 Å². The van der Waals surface area contributed by atoms with E-state index in [1.807, 2.05) is 29.8 Å². The van der Waals surface area contributed by atoms with Crippen molar-refractivity contribution in [3.05, 3.63) is 46.0 Å². The van der Waals surface area contributed by atoms with Crippen molar-refractivity contribution in [1.82, 2.24) is 20.1 Å². The maximum absolute atomic E-state index is 6.05. The Labute approximate surface area is 122 Å². The van der Waals surface area contributed by atoms with E-state index in [9.17, 15) is 0 Å². The summed E-state index contributed by atoms with van der Waals surface area (Å²) in [4.78, 5) is 0. The predicted molar refractivity (Wildman–Crippen MR) is 77.3 cm³/mol. The molecule has 102 valence electrons. The monoisotopic (exact) mass is 298 g/mol. The molecule has 0 aliphatic heterocycles. The van der Waals surface area contributed by atoms with Crippen LogP contribution in [0, 0.1) is 0 Å². The molecular formula is C13H16Cl2N4. The van der Waals surface area contributed by atoms with Crippen molar-refractivity contribution >= 4 is 23.2 Å². The summed E-state index contributed by atoms with van der Waals surface area (Å²) in [6.45, 7) is 2.78. The van der Waals surface area contributed by atoms with Gasteiger partial charge in [-0.1, -0.05) is 36.2 Å². The number of rotatable bonds is 5. The lowest BCUT2D eigenvalue weighted by Crippen LogP contribution is -2.22. The minimum atomic E-state index is 0.214. The van der Waals surface area contributed by atoms with Crippen LogP contribution in [-0.4, -0.2) is 14.8 Å². The Balaban J connectivity index is 2.07. The van der Waals surface area contributed by atoms with E-state index in [-0.39, 0.29) is 6.04 Å². The Morgan fingerprint density at radius 3 is 2.68 bits per heavy atom. The number of aryl methyl sites for hydroxylation is 1. The largest absolute Gasteiger partial charge is 0.320 e. The van der Waals surface area contributed by atoms with E-state index in [0.29, 0.717) is 16.6 Å². The average molecular weight is 299 g/mol. The van der Waals surface area contributed by atoms with Gasteiger partial charge in [-0.05, 0) is 24.1 Å². The normalized spacial score (nSPS) is 12.6. The Morgan fingerprint density at radius 1 is 1.32 bits per heavy atom. The minimum absolute atomic E-state index is 0.214. The second kappa shape index (κ2) is 6.37. The zero-order valence-corrected chi connectivity index (χ0v) is 12.4. The van der Waals surface area contributed by atoms with Crippen LogP contribution in [0.5, 0.6) is 0 Å². The molecule has 0 aliphatic carbocycles. The molecule has 1 unspecified atom stereocenters. The average Bonchev–Trinajstić information content (AvgIpc) is 2.80. The van der Waals surface area contributed by atoms with Crippen molar-refractivity contribution in [2.75, 3.05) is 0 Å². The Bertz CT molecular complexity index is 553. The van der Waals surface area contributed by atoms with Gasteiger partial charge in [-0.25, -0.2) is 0 Å². The quantitative estimate of drug-likeness (QED) is 0.920. The van der Waals surface area contributed by atoms with Crippen LogP contribution in [0.15, 0.2) is 24.5 Å². The van der Waals surface area contributed by atoms with Crippen LogP contribution in [0.1, 0.15) is 30.8 Å². The van der Waals surface area contributed by atoms with E-state index in [0.717, 1.165) is 17.8 Å². The molecular weight excluding hydrogens is 283 g/mol. The van der Waals surface area contributed by atoms with E-state index in [1.54, 1.807) is 6.33 Å². The Kier molecular flexibility index (Phi) is 4.80. The molecule has 1 aromatic carbocycles. The highest BCUT2D eigenvalue weighted by atomic mass is 35.5. The Hall–Kier alpha value is -1.10. The highest BCUT2D eigenvalue weighted by molar-refractivity contribution is 6.42. The smallest absolute Gasteiger partial charge is 0.146 e. The van der Waals surface area contributed by atoms with E-state index in [1.165, 1.54) is 0 Å². The molecule has 0 saturated heterocycles. The minimum Gasteiger partial charge on any atom is -0.320 e. The lowest BCUT2D eigenvalue weighted by molar-refractivity contribution is 0.501. The van der Waals surface area contributed by atoms with Crippen LogP contribution in [0.3, 0.4) is 0 Å². The van der Waals surface area contributed by atoms with Gasteiger partial charge in [0.2, 0.25) is 0 Å². The highest BCUT2D eigenvalue weighted by Crippen LogP contribution is 2.26. The lowest BCUT2D eigenvalue weighted by Gasteiger charge is -2.17. The highest BCUT2D eigenvalue weighted by Gasteiger charge is 2.11. The fraction of sp³-hybridized carbons (Fsp3) is 0.385. The molecule has 0 aliphatic rings. The summed E-state index contributed by atoms with van der Waals surface area (Å²) in [5.74, 6) is 0.901. The molecule has 0 spiro atoms. The van der Waals surface area contributed by atoms with E-state index >= 15 is 0 Å². The van der Waals surface area contributed by atoms with Gasteiger partial charge in [0.05, 0.1) is 16.6 Å². The van der Waals surface area contributed by atoms with Gasteiger partial charge < -0.3 is 9.88 Å². The second-order valence-electron chi connectivity index (χ2n) is 4.37. The standard InChI is InChI=1S/C13H16Cl2N4/c1-3-12(9-4-5-10(14)11(15)6-9)16-7-13-18-17-8-19(13)2/h4-6,8,12,16H,3,7H2,1-2H3. The molecule has 4 nitrogen and oxygen atoms in total. The predicted octanol–water partition coefficient (Wildman–Crippen LogP) is 3.36. The van der Waals surface area contributed by atoms with Crippen molar-refractivity contribution in [2.24, 2.45) is 7.05 Å². The summed E-state index contributed by atoms with van der Waals surface area (Å²) in [5.41, 5.74) is 1.12. The summed E-state index contributed by atoms with van der Waals surface area (Å²) < 4.78 is 1.90. The molecule has 0 bridgehead atoms. The fourth-order valence-electron chi connectivity index (χ4n) is 1.91. The molecule has 0 saturated carbocycles. The van der Waals surface area contributed by atoms with Crippen molar-refractivity contribution in [3.8, 4) is 0 Å². The summed E-state index contributed by atoms with van der Waals surface area (Å²) in [6, 6.07) is 5.94. The Morgan fingerprint density at radius 2 is 2.11 bits per heavy atom. The molecule has 19 heavy (non-hydrogen) atoms. The van der Waals surface area contributed by atoms with Crippen molar-refractivity contribution in [2.45, 2.75) is 25.9 Å². The molecule has 2 aromatic rings. The molecule has 1 atom stereocenters. The topological polar surface area (TPSA) is 42.7 Å². The van der Waals surface area contributed by atoms with Gasteiger partial charge in [0.25, 0.3) is 0 Å². The summed E-state index contributed by atoms with van der Waals surface area (Å²) in [5, 5.41) is 12.5. The van der Waals surface area contributed by atoms with Crippen molar-refractivity contribution < 1.29 is 0 Å². The van der Waals surface area contributed by atoms with Crippen LogP contribution >= 0.6 is 23.2 Å². The number of nitrogens with one attached hydrogen (secondary N) is 1. The molecule has 0 radical (unpaired) electrons. The van der Waals surface area contributed by atoms with Gasteiger partial charge in [0.1, 0.15) is 12.2 Å². The summed E-state index contributed by atoms with van der Waals surface area (Å²) >= 11 is 12.0. The molecule has 0 amide bonds. The number of benzene rings is 1. The third kappa shape index (κ3) is 3.47. The molecule has 1 aromatic heterocycles. The maximum atomic E-state index is 6.05. The molecule has 0 fully saturated rings. The number of hydrogen-bond donors (Lipinski definition) is 1.